The van der Waals surface area contributed by atoms with E-state index in [-0.39, 0.29) is 36.7 Å². The number of nitrogens with one attached hydrogen (secondary N) is 2. The largest absolute Gasteiger partial charge is 0.497 e. The number of piperazine rings is 1. The van der Waals surface area contributed by atoms with Crippen LogP contribution in [0.1, 0.15) is 19.3 Å². The maximum absolute atomic E-state index is 12.6. The second-order valence-electron chi connectivity index (χ2n) is 6.41. The van der Waals surface area contributed by atoms with Crippen molar-refractivity contribution in [1.82, 2.24) is 10.2 Å². The Balaban J connectivity index is 0.00000243. The molecule has 2 saturated heterocycles. The van der Waals surface area contributed by atoms with Gasteiger partial charge in [0.15, 0.2) is 0 Å². The van der Waals surface area contributed by atoms with Crippen molar-refractivity contribution in [2.75, 3.05) is 38.7 Å². The maximum Gasteiger partial charge on any atom is 0.240 e. The normalized spacial score (nSPS) is 22.7. The first kappa shape index (κ1) is 20.5. The summed E-state index contributed by atoms with van der Waals surface area (Å²) in [5.74, 6) is 0.522. The number of rotatable bonds is 6. The fraction of sp³-hybridized carbons (Fsp3) is 0.556. The molecule has 0 bridgehead atoms. The summed E-state index contributed by atoms with van der Waals surface area (Å²) in [6.07, 6.45) is 2.31. The van der Waals surface area contributed by atoms with Gasteiger partial charge in [0.05, 0.1) is 25.7 Å². The van der Waals surface area contributed by atoms with Crippen molar-refractivity contribution in [3.63, 3.8) is 0 Å². The molecule has 1 aromatic carbocycles. The summed E-state index contributed by atoms with van der Waals surface area (Å²) in [5, 5.41) is 5.96. The molecule has 144 valence electrons. The number of ether oxygens (including phenoxy) is 2. The van der Waals surface area contributed by atoms with Crippen molar-refractivity contribution in [2.24, 2.45) is 0 Å². The van der Waals surface area contributed by atoms with E-state index in [0.717, 1.165) is 25.2 Å². The monoisotopic (exact) mass is 383 g/mol. The van der Waals surface area contributed by atoms with Gasteiger partial charge in [-0.2, -0.15) is 0 Å². The van der Waals surface area contributed by atoms with Crippen molar-refractivity contribution in [3.8, 4) is 5.75 Å². The van der Waals surface area contributed by atoms with Crippen LogP contribution in [0.2, 0.25) is 0 Å². The van der Waals surface area contributed by atoms with Gasteiger partial charge >= 0.3 is 0 Å². The van der Waals surface area contributed by atoms with Gasteiger partial charge in [-0.15, -0.1) is 12.4 Å². The van der Waals surface area contributed by atoms with Gasteiger partial charge in [0.25, 0.3) is 0 Å². The zero-order valence-corrected chi connectivity index (χ0v) is 15.7. The Hall–Kier alpha value is -1.83. The standard InChI is InChI=1S/C18H25N3O4.ClH/c1-24-14-6-4-13(5-7-14)20-17(22)11-16-18(23)21(9-8-19-16)12-15-3-2-10-25-15;/h4-7,15-16,19H,2-3,8-12H2,1H3,(H,20,22);1H. The number of benzene rings is 1. The van der Waals surface area contributed by atoms with Crippen LogP contribution in [0.15, 0.2) is 24.3 Å². The van der Waals surface area contributed by atoms with E-state index >= 15 is 0 Å². The molecule has 2 amide bonds. The molecule has 1 aromatic rings. The minimum Gasteiger partial charge on any atom is -0.497 e. The molecule has 0 saturated carbocycles. The minimum absolute atomic E-state index is 0. The number of nitrogens with zero attached hydrogens (tertiary/aromatic N) is 1. The first-order chi connectivity index (χ1) is 12.2. The molecule has 8 heteroatoms. The second-order valence-corrected chi connectivity index (χ2v) is 6.41. The minimum atomic E-state index is -0.478. The van der Waals surface area contributed by atoms with E-state index in [4.69, 9.17) is 9.47 Å². The van der Waals surface area contributed by atoms with E-state index < -0.39 is 6.04 Å². The topological polar surface area (TPSA) is 79.9 Å². The summed E-state index contributed by atoms with van der Waals surface area (Å²) in [6, 6.07) is 6.63. The van der Waals surface area contributed by atoms with Crippen LogP contribution in [0.25, 0.3) is 0 Å². The summed E-state index contributed by atoms with van der Waals surface area (Å²) in [4.78, 5) is 26.7. The molecule has 2 aliphatic heterocycles. The quantitative estimate of drug-likeness (QED) is 0.776. The Morgan fingerprint density at radius 3 is 2.81 bits per heavy atom. The van der Waals surface area contributed by atoms with E-state index in [1.165, 1.54) is 0 Å². The summed E-state index contributed by atoms with van der Waals surface area (Å²) in [7, 11) is 1.59. The molecule has 3 rings (SSSR count). The van der Waals surface area contributed by atoms with Crippen molar-refractivity contribution in [3.05, 3.63) is 24.3 Å². The molecular formula is C18H26ClN3O4. The summed E-state index contributed by atoms with van der Waals surface area (Å²) in [5.41, 5.74) is 0.685. The molecule has 2 unspecified atom stereocenters. The highest BCUT2D eigenvalue weighted by Gasteiger charge is 2.32. The van der Waals surface area contributed by atoms with Gasteiger partial charge in [-0.3, -0.25) is 9.59 Å². The number of carbonyl (C=O) groups excluding carboxylic acids is 2. The smallest absolute Gasteiger partial charge is 0.240 e. The highest BCUT2D eigenvalue weighted by atomic mass is 35.5. The zero-order chi connectivity index (χ0) is 17.6. The molecule has 2 heterocycles. The number of hydrogen-bond donors (Lipinski definition) is 2. The predicted molar refractivity (Wildman–Crippen MR) is 101 cm³/mol. The SMILES string of the molecule is COc1ccc(NC(=O)CC2NCCN(CC3CCCO3)C2=O)cc1.Cl. The highest BCUT2D eigenvalue weighted by molar-refractivity contribution is 5.95. The molecular weight excluding hydrogens is 358 g/mol. The van der Waals surface area contributed by atoms with Crippen LogP contribution in [0.3, 0.4) is 0 Å². The number of amides is 2. The van der Waals surface area contributed by atoms with Crippen LogP contribution in [0, 0.1) is 0 Å². The van der Waals surface area contributed by atoms with Gasteiger partial charge < -0.3 is 25.0 Å². The molecule has 2 fully saturated rings. The third kappa shape index (κ3) is 5.33. The lowest BCUT2D eigenvalue weighted by Gasteiger charge is -2.34. The first-order valence-corrected chi connectivity index (χ1v) is 8.73. The zero-order valence-electron chi connectivity index (χ0n) is 14.9. The van der Waals surface area contributed by atoms with Gasteiger partial charge in [0, 0.05) is 31.9 Å². The number of hydrogen-bond acceptors (Lipinski definition) is 5. The molecule has 7 nitrogen and oxygen atoms in total. The predicted octanol–water partition coefficient (Wildman–Crippen LogP) is 1.42. The highest BCUT2D eigenvalue weighted by Crippen LogP contribution is 2.17. The number of methoxy groups -OCH3 is 1. The van der Waals surface area contributed by atoms with Gasteiger partial charge in [-0.05, 0) is 37.1 Å². The molecule has 2 aliphatic rings. The van der Waals surface area contributed by atoms with E-state index in [0.29, 0.717) is 25.3 Å². The molecule has 0 radical (unpaired) electrons. The Bertz CT molecular complexity index is 605. The fourth-order valence-corrected chi connectivity index (χ4v) is 3.24. The number of anilines is 1. The molecule has 0 aliphatic carbocycles. The Kier molecular flexibility index (Phi) is 7.68. The Labute approximate surface area is 159 Å². The van der Waals surface area contributed by atoms with Crippen LogP contribution in [0.5, 0.6) is 5.75 Å². The lowest BCUT2D eigenvalue weighted by atomic mass is 10.1. The molecule has 0 aromatic heterocycles. The second kappa shape index (κ2) is 9.75. The van der Waals surface area contributed by atoms with Crippen molar-refractivity contribution in [1.29, 1.82) is 0 Å². The third-order valence-electron chi connectivity index (χ3n) is 4.59. The van der Waals surface area contributed by atoms with Gasteiger partial charge in [0.2, 0.25) is 11.8 Å². The summed E-state index contributed by atoms with van der Waals surface area (Å²) in [6.45, 7) is 2.75. The average Bonchev–Trinajstić information content (AvgIpc) is 3.12. The van der Waals surface area contributed by atoms with Crippen LogP contribution in [-0.2, 0) is 14.3 Å². The van der Waals surface area contributed by atoms with Gasteiger partial charge in [-0.25, -0.2) is 0 Å². The van der Waals surface area contributed by atoms with Crippen molar-refractivity contribution < 1.29 is 19.1 Å². The summed E-state index contributed by atoms with van der Waals surface area (Å²) < 4.78 is 10.7. The number of carbonyl (C=O) groups is 2. The first-order valence-electron chi connectivity index (χ1n) is 8.73. The third-order valence-corrected chi connectivity index (χ3v) is 4.59. The molecule has 2 atom stereocenters. The maximum atomic E-state index is 12.6. The molecule has 26 heavy (non-hydrogen) atoms. The summed E-state index contributed by atoms with van der Waals surface area (Å²) >= 11 is 0. The molecule has 0 spiro atoms. The van der Waals surface area contributed by atoms with E-state index in [1.807, 2.05) is 4.90 Å². The van der Waals surface area contributed by atoms with Gasteiger partial charge in [0.1, 0.15) is 5.75 Å². The van der Waals surface area contributed by atoms with E-state index in [1.54, 1.807) is 31.4 Å². The Morgan fingerprint density at radius 2 is 2.15 bits per heavy atom. The van der Waals surface area contributed by atoms with Crippen LogP contribution in [0.4, 0.5) is 5.69 Å². The van der Waals surface area contributed by atoms with Crippen LogP contribution in [-0.4, -0.2) is 62.2 Å². The van der Waals surface area contributed by atoms with E-state index in [9.17, 15) is 9.59 Å². The molecule has 2 N–H and O–H groups in total. The van der Waals surface area contributed by atoms with E-state index in [2.05, 4.69) is 10.6 Å². The number of halogens is 1. The lowest BCUT2D eigenvalue weighted by molar-refractivity contribution is -0.139. The fourth-order valence-electron chi connectivity index (χ4n) is 3.24. The van der Waals surface area contributed by atoms with Gasteiger partial charge in [-0.1, -0.05) is 0 Å². The average molecular weight is 384 g/mol. The van der Waals surface area contributed by atoms with Crippen molar-refractivity contribution in [2.45, 2.75) is 31.4 Å². The van der Waals surface area contributed by atoms with Crippen LogP contribution < -0.4 is 15.4 Å². The van der Waals surface area contributed by atoms with Crippen molar-refractivity contribution >= 4 is 29.9 Å². The lowest BCUT2D eigenvalue weighted by Crippen LogP contribution is -2.57. The van der Waals surface area contributed by atoms with Crippen LogP contribution >= 0.6 is 12.4 Å². The Morgan fingerprint density at radius 1 is 1.38 bits per heavy atom.